The summed E-state index contributed by atoms with van der Waals surface area (Å²) in [6, 6.07) is 2.31. The van der Waals surface area contributed by atoms with Crippen LogP contribution in [0.2, 0.25) is 0 Å². The van der Waals surface area contributed by atoms with Crippen molar-refractivity contribution in [3.8, 4) is 6.07 Å². The van der Waals surface area contributed by atoms with E-state index in [0.717, 1.165) is 6.42 Å². The fourth-order valence-electron chi connectivity index (χ4n) is 1.38. The van der Waals surface area contributed by atoms with Gasteiger partial charge in [-0.1, -0.05) is 6.92 Å². The first-order valence-electron chi connectivity index (χ1n) is 3.73. The Morgan fingerprint density at radius 1 is 1.60 bits per heavy atom. The number of nitrogens with zero attached hydrogens (tertiary/aromatic N) is 1. The van der Waals surface area contributed by atoms with Crippen LogP contribution in [0.25, 0.3) is 0 Å². The fourth-order valence-corrected chi connectivity index (χ4v) is 1.38. The van der Waals surface area contributed by atoms with Gasteiger partial charge >= 0.3 is 0 Å². The van der Waals surface area contributed by atoms with E-state index in [9.17, 15) is 0 Å². The zero-order valence-corrected chi connectivity index (χ0v) is 6.81. The van der Waals surface area contributed by atoms with E-state index >= 15 is 0 Å². The molecule has 0 aromatic rings. The van der Waals surface area contributed by atoms with Crippen LogP contribution in [0.5, 0.6) is 0 Å². The predicted octanol–water partition coefficient (Wildman–Crippen LogP) is 1.29. The van der Waals surface area contributed by atoms with Gasteiger partial charge in [0.05, 0.1) is 12.1 Å². The van der Waals surface area contributed by atoms with Crippen LogP contribution in [-0.4, -0.2) is 11.6 Å². The molecule has 1 heterocycles. The Kier molecular flexibility index (Phi) is 1.70. The van der Waals surface area contributed by atoms with Gasteiger partial charge in [-0.2, -0.15) is 5.26 Å². The van der Waals surface area contributed by atoms with E-state index in [0.29, 0.717) is 5.92 Å². The van der Waals surface area contributed by atoms with Crippen LogP contribution in [0.3, 0.4) is 0 Å². The molecule has 2 unspecified atom stereocenters. The second-order valence-electron chi connectivity index (χ2n) is 3.68. The highest BCUT2D eigenvalue weighted by Crippen LogP contribution is 2.28. The monoisotopic (exact) mass is 138 g/mol. The summed E-state index contributed by atoms with van der Waals surface area (Å²) in [5.74, 6) is 0.608. The smallest absolute Gasteiger partial charge is 0.0960 e. The Hall–Kier alpha value is -0.550. The molecule has 0 saturated carbocycles. The summed E-state index contributed by atoms with van der Waals surface area (Å²) >= 11 is 0. The van der Waals surface area contributed by atoms with Gasteiger partial charge in [0.15, 0.2) is 0 Å². The minimum absolute atomic E-state index is 0.0741. The van der Waals surface area contributed by atoms with Crippen LogP contribution >= 0.6 is 0 Å². The Bertz CT molecular complexity index is 167. The second kappa shape index (κ2) is 2.25. The maximum Gasteiger partial charge on any atom is 0.0960 e. The van der Waals surface area contributed by atoms with Crippen LogP contribution in [0.4, 0.5) is 0 Å². The van der Waals surface area contributed by atoms with Crippen molar-refractivity contribution >= 4 is 0 Å². The summed E-state index contributed by atoms with van der Waals surface area (Å²) < 4.78 is 0. The van der Waals surface area contributed by atoms with E-state index in [-0.39, 0.29) is 11.6 Å². The van der Waals surface area contributed by atoms with E-state index < -0.39 is 0 Å². The van der Waals surface area contributed by atoms with Crippen molar-refractivity contribution in [2.45, 2.75) is 38.8 Å². The summed E-state index contributed by atoms with van der Waals surface area (Å²) in [5, 5.41) is 11.9. The highest BCUT2D eigenvalue weighted by molar-refractivity contribution is 5.04. The quantitative estimate of drug-likeness (QED) is 0.547. The number of hydrogen-bond acceptors (Lipinski definition) is 2. The highest BCUT2D eigenvalue weighted by Gasteiger charge is 2.36. The van der Waals surface area contributed by atoms with Crippen molar-refractivity contribution in [2.75, 3.05) is 0 Å². The summed E-state index contributed by atoms with van der Waals surface area (Å²) in [6.45, 7) is 6.48. The van der Waals surface area contributed by atoms with E-state index in [4.69, 9.17) is 5.26 Å². The minimum Gasteiger partial charge on any atom is -0.297 e. The molecule has 1 aliphatic rings. The molecular formula is C8H14N2. The largest absolute Gasteiger partial charge is 0.297 e. The van der Waals surface area contributed by atoms with Crippen molar-refractivity contribution < 1.29 is 0 Å². The van der Waals surface area contributed by atoms with Gasteiger partial charge in [-0.15, -0.1) is 0 Å². The highest BCUT2D eigenvalue weighted by atomic mass is 15.0. The number of nitrogens with one attached hydrogen (secondary N) is 1. The van der Waals surface area contributed by atoms with Crippen molar-refractivity contribution in [1.29, 1.82) is 5.26 Å². The maximum atomic E-state index is 8.60. The third-order valence-electron chi connectivity index (χ3n) is 2.52. The summed E-state index contributed by atoms with van der Waals surface area (Å²) in [6.07, 6.45) is 0.990. The lowest BCUT2D eigenvalue weighted by molar-refractivity contribution is 0.356. The Labute approximate surface area is 62.2 Å². The van der Waals surface area contributed by atoms with Gasteiger partial charge in [-0.05, 0) is 26.2 Å². The van der Waals surface area contributed by atoms with E-state index in [1.807, 2.05) is 0 Å². The molecule has 0 amide bonds. The molecule has 0 bridgehead atoms. The van der Waals surface area contributed by atoms with Crippen LogP contribution < -0.4 is 5.32 Å². The van der Waals surface area contributed by atoms with Crippen molar-refractivity contribution in [2.24, 2.45) is 5.92 Å². The first-order chi connectivity index (χ1) is 4.56. The van der Waals surface area contributed by atoms with Gasteiger partial charge < -0.3 is 0 Å². The average molecular weight is 138 g/mol. The van der Waals surface area contributed by atoms with Crippen LogP contribution in [0.15, 0.2) is 0 Å². The molecule has 0 aromatic carbocycles. The molecule has 2 atom stereocenters. The predicted molar refractivity (Wildman–Crippen MR) is 40.4 cm³/mol. The lowest BCUT2D eigenvalue weighted by Gasteiger charge is -2.23. The molecular weight excluding hydrogens is 124 g/mol. The first-order valence-corrected chi connectivity index (χ1v) is 3.73. The molecule has 2 heteroatoms. The number of rotatable bonds is 0. The minimum atomic E-state index is 0.0741. The molecule has 1 N–H and O–H groups in total. The zero-order chi connectivity index (χ0) is 7.78. The normalized spacial score (nSPS) is 37.4. The summed E-state index contributed by atoms with van der Waals surface area (Å²) in [4.78, 5) is 0. The van der Waals surface area contributed by atoms with E-state index in [1.54, 1.807) is 0 Å². The van der Waals surface area contributed by atoms with E-state index in [1.165, 1.54) is 0 Å². The van der Waals surface area contributed by atoms with Gasteiger partial charge in [-0.3, -0.25) is 5.32 Å². The van der Waals surface area contributed by atoms with E-state index in [2.05, 4.69) is 32.2 Å². The van der Waals surface area contributed by atoms with Crippen molar-refractivity contribution in [3.05, 3.63) is 0 Å². The fraction of sp³-hybridized carbons (Fsp3) is 0.875. The van der Waals surface area contributed by atoms with Crippen LogP contribution in [0, 0.1) is 17.2 Å². The Balaban J connectivity index is 2.64. The molecule has 10 heavy (non-hydrogen) atoms. The van der Waals surface area contributed by atoms with Gasteiger partial charge in [0, 0.05) is 5.54 Å². The lowest BCUT2D eigenvalue weighted by Crippen LogP contribution is -2.39. The molecule has 0 spiro atoms. The molecule has 0 radical (unpaired) electrons. The van der Waals surface area contributed by atoms with Gasteiger partial charge in [0.25, 0.3) is 0 Å². The Morgan fingerprint density at radius 2 is 2.20 bits per heavy atom. The Morgan fingerprint density at radius 3 is 2.40 bits per heavy atom. The number of hydrogen-bond donors (Lipinski definition) is 1. The topological polar surface area (TPSA) is 35.8 Å². The molecule has 0 aliphatic carbocycles. The van der Waals surface area contributed by atoms with Crippen molar-refractivity contribution in [1.82, 2.24) is 5.32 Å². The second-order valence-corrected chi connectivity index (χ2v) is 3.68. The molecule has 2 nitrogen and oxygen atoms in total. The molecule has 1 rings (SSSR count). The average Bonchev–Trinajstić information content (AvgIpc) is 2.08. The SMILES string of the molecule is CC1CC(C#N)NC1(C)C. The third kappa shape index (κ3) is 1.15. The van der Waals surface area contributed by atoms with Crippen LogP contribution in [-0.2, 0) is 0 Å². The maximum absolute atomic E-state index is 8.60. The van der Waals surface area contributed by atoms with Crippen molar-refractivity contribution in [3.63, 3.8) is 0 Å². The molecule has 56 valence electrons. The summed E-state index contributed by atoms with van der Waals surface area (Å²) in [7, 11) is 0. The zero-order valence-electron chi connectivity index (χ0n) is 6.81. The first kappa shape index (κ1) is 7.56. The molecule has 1 aliphatic heterocycles. The van der Waals surface area contributed by atoms with Gasteiger partial charge in [0.1, 0.15) is 0 Å². The number of nitriles is 1. The standard InChI is InChI=1S/C8H14N2/c1-6-4-7(5-9)10-8(6,2)3/h6-7,10H,4H2,1-3H3. The molecule has 1 fully saturated rings. The van der Waals surface area contributed by atoms with Gasteiger partial charge in [-0.25, -0.2) is 0 Å². The summed E-state index contributed by atoms with van der Waals surface area (Å²) in [5.41, 5.74) is 0.153. The molecule has 1 saturated heterocycles. The van der Waals surface area contributed by atoms with Gasteiger partial charge in [0.2, 0.25) is 0 Å². The molecule has 0 aromatic heterocycles. The third-order valence-corrected chi connectivity index (χ3v) is 2.52. The lowest BCUT2D eigenvalue weighted by atomic mass is 9.91. The van der Waals surface area contributed by atoms with Crippen LogP contribution in [0.1, 0.15) is 27.2 Å².